The highest BCUT2D eigenvalue weighted by Gasteiger charge is 2.20. The smallest absolute Gasteiger partial charge is 0.133 e. The first kappa shape index (κ1) is 15.6. The molecular weight excluding hydrogens is 268 g/mol. The number of aryl methyl sites for hydroxylation is 3. The van der Waals surface area contributed by atoms with Crippen molar-refractivity contribution in [2.24, 2.45) is 0 Å². The van der Waals surface area contributed by atoms with Crippen molar-refractivity contribution in [3.8, 4) is 0 Å². The predicted octanol–water partition coefficient (Wildman–Crippen LogP) is 4.47. The quantitative estimate of drug-likeness (QED) is 0.856. The first-order chi connectivity index (χ1) is 10.0. The lowest BCUT2D eigenvalue weighted by Gasteiger charge is -2.19. The summed E-state index contributed by atoms with van der Waals surface area (Å²) in [5.74, 6) is -0.931. The molecule has 1 nitrogen and oxygen atoms in total. The Morgan fingerprint density at radius 1 is 1.00 bits per heavy atom. The van der Waals surface area contributed by atoms with E-state index in [1.54, 1.807) is 14.0 Å². The van der Waals surface area contributed by atoms with Gasteiger partial charge in [-0.25, -0.2) is 8.78 Å². The molecule has 0 aromatic heterocycles. The highest BCUT2D eigenvalue weighted by molar-refractivity contribution is 5.30. The Morgan fingerprint density at radius 2 is 1.67 bits per heavy atom. The van der Waals surface area contributed by atoms with E-state index < -0.39 is 11.6 Å². The number of halogens is 2. The molecule has 0 aliphatic carbocycles. The standard InChI is InChI=1S/C18H21F2N/c1-12-4-7-14(8-5-12)9-11-16(21-3)17-15(19)10-6-13(2)18(17)20/h4-8,10,16,21H,9,11H2,1-3H3. The third kappa shape index (κ3) is 3.67. The summed E-state index contributed by atoms with van der Waals surface area (Å²) >= 11 is 0. The number of benzene rings is 2. The average molecular weight is 289 g/mol. The minimum Gasteiger partial charge on any atom is -0.313 e. The van der Waals surface area contributed by atoms with Gasteiger partial charge in [-0.05, 0) is 50.9 Å². The fourth-order valence-corrected chi connectivity index (χ4v) is 2.50. The van der Waals surface area contributed by atoms with Gasteiger partial charge in [0, 0.05) is 11.6 Å². The maximum atomic E-state index is 14.2. The van der Waals surface area contributed by atoms with Crippen LogP contribution in [0.2, 0.25) is 0 Å². The van der Waals surface area contributed by atoms with Crippen LogP contribution in [0.3, 0.4) is 0 Å². The molecule has 0 saturated heterocycles. The summed E-state index contributed by atoms with van der Waals surface area (Å²) in [6.45, 7) is 3.70. The van der Waals surface area contributed by atoms with Gasteiger partial charge >= 0.3 is 0 Å². The number of hydrogen-bond acceptors (Lipinski definition) is 1. The highest BCUT2D eigenvalue weighted by atomic mass is 19.1. The number of hydrogen-bond donors (Lipinski definition) is 1. The average Bonchev–Trinajstić information content (AvgIpc) is 2.48. The van der Waals surface area contributed by atoms with E-state index in [0.717, 1.165) is 6.42 Å². The predicted molar refractivity (Wildman–Crippen MR) is 82.4 cm³/mol. The Balaban J connectivity index is 2.17. The van der Waals surface area contributed by atoms with Crippen molar-refractivity contribution < 1.29 is 8.78 Å². The molecule has 1 N–H and O–H groups in total. The second-order valence-electron chi connectivity index (χ2n) is 5.46. The maximum Gasteiger partial charge on any atom is 0.133 e. The van der Waals surface area contributed by atoms with Crippen LogP contribution in [0.25, 0.3) is 0 Å². The van der Waals surface area contributed by atoms with E-state index >= 15 is 0 Å². The Bertz CT molecular complexity index is 605. The van der Waals surface area contributed by atoms with E-state index in [2.05, 4.69) is 29.6 Å². The van der Waals surface area contributed by atoms with Gasteiger partial charge < -0.3 is 5.32 Å². The van der Waals surface area contributed by atoms with Crippen LogP contribution in [0.5, 0.6) is 0 Å². The first-order valence-corrected chi connectivity index (χ1v) is 7.20. The fraction of sp³-hybridized carbons (Fsp3) is 0.333. The van der Waals surface area contributed by atoms with Crippen LogP contribution in [-0.4, -0.2) is 7.05 Å². The van der Waals surface area contributed by atoms with Gasteiger partial charge in [-0.3, -0.25) is 0 Å². The Labute approximate surface area is 125 Å². The SMILES string of the molecule is CNC(CCc1ccc(C)cc1)c1c(F)ccc(C)c1F. The normalized spacial score (nSPS) is 12.4. The van der Waals surface area contributed by atoms with E-state index in [0.29, 0.717) is 12.0 Å². The summed E-state index contributed by atoms with van der Waals surface area (Å²) in [4.78, 5) is 0. The van der Waals surface area contributed by atoms with Crippen molar-refractivity contribution in [1.82, 2.24) is 5.32 Å². The number of rotatable bonds is 5. The second-order valence-corrected chi connectivity index (χ2v) is 5.46. The van der Waals surface area contributed by atoms with Crippen LogP contribution in [0.4, 0.5) is 8.78 Å². The van der Waals surface area contributed by atoms with Crippen molar-refractivity contribution in [1.29, 1.82) is 0 Å². The third-order valence-corrected chi connectivity index (χ3v) is 3.86. The molecule has 1 atom stereocenters. The zero-order valence-electron chi connectivity index (χ0n) is 12.7. The van der Waals surface area contributed by atoms with Crippen LogP contribution in [-0.2, 0) is 6.42 Å². The van der Waals surface area contributed by atoms with Crippen LogP contribution in [0, 0.1) is 25.5 Å². The van der Waals surface area contributed by atoms with Gasteiger partial charge in [0.05, 0.1) is 0 Å². The third-order valence-electron chi connectivity index (χ3n) is 3.86. The zero-order chi connectivity index (χ0) is 15.4. The molecule has 2 aromatic rings. The Kier molecular flexibility index (Phi) is 5.07. The van der Waals surface area contributed by atoms with Crippen LogP contribution in [0.15, 0.2) is 36.4 Å². The van der Waals surface area contributed by atoms with Crippen molar-refractivity contribution in [3.63, 3.8) is 0 Å². The molecule has 0 aliphatic heterocycles. The monoisotopic (exact) mass is 289 g/mol. The van der Waals surface area contributed by atoms with Gasteiger partial charge in [0.1, 0.15) is 11.6 Å². The highest BCUT2D eigenvalue weighted by Crippen LogP contribution is 2.26. The molecule has 112 valence electrons. The molecule has 0 bridgehead atoms. The molecule has 3 heteroatoms. The molecule has 0 fully saturated rings. The van der Waals surface area contributed by atoms with Gasteiger partial charge in [-0.1, -0.05) is 35.9 Å². The maximum absolute atomic E-state index is 14.2. The summed E-state index contributed by atoms with van der Waals surface area (Å²) in [5, 5.41) is 3.03. The largest absolute Gasteiger partial charge is 0.313 e. The van der Waals surface area contributed by atoms with E-state index in [1.807, 2.05) is 6.92 Å². The molecule has 1 unspecified atom stereocenters. The van der Waals surface area contributed by atoms with E-state index in [1.165, 1.54) is 23.3 Å². The van der Waals surface area contributed by atoms with Gasteiger partial charge in [-0.2, -0.15) is 0 Å². The molecular formula is C18H21F2N. The molecule has 21 heavy (non-hydrogen) atoms. The summed E-state index contributed by atoms with van der Waals surface area (Å²) in [7, 11) is 1.74. The fourth-order valence-electron chi connectivity index (χ4n) is 2.50. The summed E-state index contributed by atoms with van der Waals surface area (Å²) in [6, 6.07) is 10.7. The molecule has 0 amide bonds. The van der Waals surface area contributed by atoms with E-state index in [-0.39, 0.29) is 11.6 Å². The topological polar surface area (TPSA) is 12.0 Å². The molecule has 0 saturated carbocycles. The zero-order valence-corrected chi connectivity index (χ0v) is 12.7. The van der Waals surface area contributed by atoms with Gasteiger partial charge in [-0.15, -0.1) is 0 Å². The summed E-state index contributed by atoms with van der Waals surface area (Å²) in [6.07, 6.45) is 1.43. The second kappa shape index (κ2) is 6.81. The Morgan fingerprint density at radius 3 is 2.29 bits per heavy atom. The van der Waals surface area contributed by atoms with E-state index in [9.17, 15) is 8.78 Å². The molecule has 0 radical (unpaired) electrons. The lowest BCUT2D eigenvalue weighted by molar-refractivity contribution is 0.469. The van der Waals surface area contributed by atoms with Crippen molar-refractivity contribution in [2.75, 3.05) is 7.05 Å². The molecule has 0 heterocycles. The molecule has 0 aliphatic rings. The van der Waals surface area contributed by atoms with E-state index in [4.69, 9.17) is 0 Å². The molecule has 2 aromatic carbocycles. The van der Waals surface area contributed by atoms with Gasteiger partial charge in [0.25, 0.3) is 0 Å². The van der Waals surface area contributed by atoms with Crippen molar-refractivity contribution in [3.05, 3.63) is 70.3 Å². The van der Waals surface area contributed by atoms with Crippen LogP contribution < -0.4 is 5.32 Å². The van der Waals surface area contributed by atoms with Crippen LogP contribution in [0.1, 0.15) is 34.7 Å². The van der Waals surface area contributed by atoms with Gasteiger partial charge in [0.15, 0.2) is 0 Å². The van der Waals surface area contributed by atoms with Crippen LogP contribution >= 0.6 is 0 Å². The summed E-state index contributed by atoms with van der Waals surface area (Å²) in [5.41, 5.74) is 3.00. The lowest BCUT2D eigenvalue weighted by atomic mass is 9.96. The summed E-state index contributed by atoms with van der Waals surface area (Å²) < 4.78 is 28.2. The van der Waals surface area contributed by atoms with Gasteiger partial charge in [0.2, 0.25) is 0 Å². The van der Waals surface area contributed by atoms with Crippen molar-refractivity contribution in [2.45, 2.75) is 32.7 Å². The molecule has 0 spiro atoms. The Hall–Kier alpha value is -1.74. The minimum atomic E-state index is -0.485. The molecule has 2 rings (SSSR count). The van der Waals surface area contributed by atoms with Crippen molar-refractivity contribution >= 4 is 0 Å². The first-order valence-electron chi connectivity index (χ1n) is 7.20. The minimum absolute atomic E-state index is 0.143. The number of nitrogens with one attached hydrogen (secondary N) is 1. The lowest BCUT2D eigenvalue weighted by Crippen LogP contribution is -2.20.